The van der Waals surface area contributed by atoms with E-state index in [1.807, 2.05) is 0 Å². The largest absolute Gasteiger partial charge is 0.372 e. The van der Waals surface area contributed by atoms with Crippen LogP contribution < -0.4 is 0 Å². The van der Waals surface area contributed by atoms with Crippen LogP contribution in [0.4, 0.5) is 0 Å². The summed E-state index contributed by atoms with van der Waals surface area (Å²) in [6, 6.07) is 0. The van der Waals surface area contributed by atoms with Crippen molar-refractivity contribution in [2.45, 2.75) is 39.7 Å². The first-order valence-electron chi connectivity index (χ1n) is 5.69. The van der Waals surface area contributed by atoms with E-state index >= 15 is 0 Å². The van der Waals surface area contributed by atoms with Gasteiger partial charge in [0.2, 0.25) is 0 Å². The number of terminal acetylenes is 1. The van der Waals surface area contributed by atoms with Crippen molar-refractivity contribution in [1.29, 1.82) is 0 Å². The second kappa shape index (κ2) is 4.55. The summed E-state index contributed by atoms with van der Waals surface area (Å²) < 4.78 is 5.95. The first-order valence-corrected chi connectivity index (χ1v) is 5.69. The molecule has 1 heterocycles. The molecule has 0 spiro atoms. The molecule has 86 valence electrons. The van der Waals surface area contributed by atoms with Gasteiger partial charge in [0, 0.05) is 26.1 Å². The fourth-order valence-corrected chi connectivity index (χ4v) is 1.82. The summed E-state index contributed by atoms with van der Waals surface area (Å²) >= 11 is 0. The number of rotatable bonds is 2. The summed E-state index contributed by atoms with van der Waals surface area (Å²) in [7, 11) is 0. The molecule has 0 aliphatic carbocycles. The topological polar surface area (TPSA) is 12.5 Å². The Balaban J connectivity index is 2.59. The standard InChI is InChI=1S/C13H23NO/c1-6-7-8-14-9-10-15-13(5,11-14)12(2,3)4/h1H,7-11H2,2-5H3. The zero-order chi connectivity index (χ0) is 11.5. The van der Waals surface area contributed by atoms with E-state index in [9.17, 15) is 0 Å². The molecule has 0 aromatic heterocycles. The fourth-order valence-electron chi connectivity index (χ4n) is 1.82. The Hall–Kier alpha value is -0.520. The Bertz CT molecular complexity index is 248. The van der Waals surface area contributed by atoms with Crippen LogP contribution in [0.3, 0.4) is 0 Å². The van der Waals surface area contributed by atoms with Crippen LogP contribution in [0.1, 0.15) is 34.1 Å². The molecule has 1 aliphatic rings. The third-order valence-corrected chi connectivity index (χ3v) is 3.51. The number of ether oxygens (including phenoxy) is 1. The molecular formula is C13H23NO. The lowest BCUT2D eigenvalue weighted by Crippen LogP contribution is -2.56. The van der Waals surface area contributed by atoms with Gasteiger partial charge in [0.1, 0.15) is 0 Å². The van der Waals surface area contributed by atoms with Gasteiger partial charge in [-0.05, 0) is 12.3 Å². The second-order valence-electron chi connectivity index (χ2n) is 5.56. The lowest BCUT2D eigenvalue weighted by molar-refractivity contribution is -0.153. The lowest BCUT2D eigenvalue weighted by atomic mass is 9.76. The summed E-state index contributed by atoms with van der Waals surface area (Å²) in [4.78, 5) is 2.41. The van der Waals surface area contributed by atoms with Gasteiger partial charge >= 0.3 is 0 Å². The lowest BCUT2D eigenvalue weighted by Gasteiger charge is -2.48. The van der Waals surface area contributed by atoms with Crippen molar-refractivity contribution in [1.82, 2.24) is 4.90 Å². The summed E-state index contributed by atoms with van der Waals surface area (Å²) in [6.07, 6.45) is 6.12. The van der Waals surface area contributed by atoms with Crippen LogP contribution in [0.5, 0.6) is 0 Å². The second-order valence-corrected chi connectivity index (χ2v) is 5.56. The van der Waals surface area contributed by atoms with Gasteiger partial charge in [-0.15, -0.1) is 12.3 Å². The highest BCUT2D eigenvalue weighted by molar-refractivity contribution is 4.94. The van der Waals surface area contributed by atoms with Crippen molar-refractivity contribution < 1.29 is 4.74 Å². The molecule has 2 nitrogen and oxygen atoms in total. The Kier molecular flexibility index (Phi) is 3.81. The number of hydrogen-bond acceptors (Lipinski definition) is 2. The van der Waals surface area contributed by atoms with Crippen LogP contribution in [-0.2, 0) is 4.74 Å². The normalized spacial score (nSPS) is 28.7. The predicted molar refractivity (Wildman–Crippen MR) is 63.7 cm³/mol. The Labute approximate surface area is 94.0 Å². The van der Waals surface area contributed by atoms with Crippen molar-refractivity contribution in [2.24, 2.45) is 5.41 Å². The zero-order valence-electron chi connectivity index (χ0n) is 10.5. The number of nitrogens with zero attached hydrogens (tertiary/aromatic N) is 1. The maximum Gasteiger partial charge on any atom is 0.0829 e. The van der Waals surface area contributed by atoms with Gasteiger partial charge in [0.05, 0.1) is 12.2 Å². The van der Waals surface area contributed by atoms with Gasteiger partial charge in [0.25, 0.3) is 0 Å². The monoisotopic (exact) mass is 209 g/mol. The van der Waals surface area contributed by atoms with Crippen LogP contribution in [0.15, 0.2) is 0 Å². The maximum absolute atomic E-state index is 5.95. The SMILES string of the molecule is C#CCCN1CCOC(C)(C(C)(C)C)C1. The van der Waals surface area contributed by atoms with Crippen LogP contribution in [0.25, 0.3) is 0 Å². The van der Waals surface area contributed by atoms with E-state index in [0.717, 1.165) is 32.7 Å². The third-order valence-electron chi connectivity index (χ3n) is 3.51. The molecule has 1 saturated heterocycles. The molecular weight excluding hydrogens is 186 g/mol. The quantitative estimate of drug-likeness (QED) is 0.646. The van der Waals surface area contributed by atoms with Crippen molar-refractivity contribution in [3.8, 4) is 12.3 Å². The van der Waals surface area contributed by atoms with E-state index in [-0.39, 0.29) is 11.0 Å². The third kappa shape index (κ3) is 2.96. The van der Waals surface area contributed by atoms with Crippen molar-refractivity contribution in [3.05, 3.63) is 0 Å². The van der Waals surface area contributed by atoms with Crippen molar-refractivity contribution in [3.63, 3.8) is 0 Å². The molecule has 0 bridgehead atoms. The number of hydrogen-bond donors (Lipinski definition) is 0. The van der Waals surface area contributed by atoms with E-state index in [4.69, 9.17) is 11.2 Å². The first-order chi connectivity index (χ1) is 6.89. The molecule has 15 heavy (non-hydrogen) atoms. The van der Waals surface area contributed by atoms with Crippen molar-refractivity contribution >= 4 is 0 Å². The van der Waals surface area contributed by atoms with Crippen LogP contribution in [0, 0.1) is 17.8 Å². The minimum absolute atomic E-state index is 0.0557. The summed E-state index contributed by atoms with van der Waals surface area (Å²) in [5.41, 5.74) is 0.113. The van der Waals surface area contributed by atoms with Gasteiger partial charge in [-0.2, -0.15) is 0 Å². The first kappa shape index (κ1) is 12.5. The molecule has 0 aromatic carbocycles. The van der Waals surface area contributed by atoms with Gasteiger partial charge < -0.3 is 4.74 Å². The highest BCUT2D eigenvalue weighted by Crippen LogP contribution is 2.35. The van der Waals surface area contributed by atoms with Gasteiger partial charge in [-0.3, -0.25) is 4.90 Å². The zero-order valence-corrected chi connectivity index (χ0v) is 10.5. The van der Waals surface area contributed by atoms with Crippen molar-refractivity contribution in [2.75, 3.05) is 26.2 Å². The van der Waals surface area contributed by atoms with Gasteiger partial charge in [0.15, 0.2) is 0 Å². The Morgan fingerprint density at radius 2 is 2.13 bits per heavy atom. The van der Waals surface area contributed by atoms with Crippen LogP contribution >= 0.6 is 0 Å². The Morgan fingerprint density at radius 1 is 1.47 bits per heavy atom. The minimum Gasteiger partial charge on any atom is -0.372 e. The molecule has 1 unspecified atom stereocenters. The molecule has 2 heteroatoms. The van der Waals surface area contributed by atoms with E-state index in [0.29, 0.717) is 0 Å². The summed E-state index contributed by atoms with van der Waals surface area (Å²) in [5, 5.41) is 0. The van der Waals surface area contributed by atoms with Gasteiger partial charge in [-0.25, -0.2) is 0 Å². The fraction of sp³-hybridized carbons (Fsp3) is 0.846. The molecule has 1 fully saturated rings. The molecule has 1 rings (SSSR count). The highest BCUT2D eigenvalue weighted by Gasteiger charge is 2.41. The van der Waals surface area contributed by atoms with Gasteiger partial charge in [-0.1, -0.05) is 20.8 Å². The summed E-state index contributed by atoms with van der Waals surface area (Å²) in [6.45, 7) is 12.7. The average molecular weight is 209 g/mol. The van der Waals surface area contributed by atoms with E-state index in [1.165, 1.54) is 0 Å². The molecule has 1 atom stereocenters. The van der Waals surface area contributed by atoms with E-state index < -0.39 is 0 Å². The molecule has 0 saturated carbocycles. The molecule has 1 aliphatic heterocycles. The average Bonchev–Trinajstić information content (AvgIpc) is 2.13. The summed E-state index contributed by atoms with van der Waals surface area (Å²) in [5.74, 6) is 2.70. The number of morpholine rings is 1. The minimum atomic E-state index is -0.0557. The predicted octanol–water partition coefficient (Wildman–Crippen LogP) is 2.15. The smallest absolute Gasteiger partial charge is 0.0829 e. The van der Waals surface area contributed by atoms with Crippen LogP contribution in [0.2, 0.25) is 0 Å². The highest BCUT2D eigenvalue weighted by atomic mass is 16.5. The van der Waals surface area contributed by atoms with Crippen LogP contribution in [-0.4, -0.2) is 36.7 Å². The van der Waals surface area contributed by atoms with E-state index in [2.05, 4.69) is 38.5 Å². The van der Waals surface area contributed by atoms with E-state index in [1.54, 1.807) is 0 Å². The molecule has 0 aromatic rings. The molecule has 0 radical (unpaired) electrons. The molecule has 0 N–H and O–H groups in total. The molecule has 0 amide bonds. The Morgan fingerprint density at radius 3 is 2.67 bits per heavy atom. The maximum atomic E-state index is 5.95.